The fourth-order valence-corrected chi connectivity index (χ4v) is 1.18. The van der Waals surface area contributed by atoms with Crippen molar-refractivity contribution in [2.45, 2.75) is 0 Å². The Morgan fingerprint density at radius 3 is 2.94 bits per heavy atom. The van der Waals surface area contributed by atoms with E-state index in [0.717, 1.165) is 12.1 Å². The van der Waals surface area contributed by atoms with E-state index in [1.54, 1.807) is 0 Å². The highest BCUT2D eigenvalue weighted by Gasteiger charge is 2.15. The van der Waals surface area contributed by atoms with Crippen LogP contribution in [-0.4, -0.2) is 11.5 Å². The summed E-state index contributed by atoms with van der Waals surface area (Å²) >= 11 is 0. The van der Waals surface area contributed by atoms with Gasteiger partial charge in [-0.2, -0.15) is 0 Å². The molecule has 0 fully saturated rings. The monoisotopic (exact) mass is 237 g/mol. The van der Waals surface area contributed by atoms with E-state index >= 15 is 0 Å². The number of nitro groups is 1. The van der Waals surface area contributed by atoms with Crippen molar-refractivity contribution in [2.75, 3.05) is 12.3 Å². The van der Waals surface area contributed by atoms with Crippen LogP contribution in [0.1, 0.15) is 5.56 Å². The smallest absolute Gasteiger partial charge is 0.295 e. The summed E-state index contributed by atoms with van der Waals surface area (Å²) in [5.41, 5.74) is 13.1. The van der Waals surface area contributed by atoms with Crippen LogP contribution in [0.4, 0.5) is 15.8 Å². The van der Waals surface area contributed by atoms with Crippen LogP contribution in [0.25, 0.3) is 16.5 Å². The van der Waals surface area contributed by atoms with Gasteiger partial charge in [0, 0.05) is 17.0 Å². The number of nitrogens with two attached hydrogens (primary N) is 1. The van der Waals surface area contributed by atoms with Crippen LogP contribution in [0.15, 0.2) is 23.3 Å². The molecule has 0 saturated carbocycles. The van der Waals surface area contributed by atoms with Gasteiger partial charge in [0.2, 0.25) is 0 Å². The summed E-state index contributed by atoms with van der Waals surface area (Å²) in [7, 11) is 0. The Morgan fingerprint density at radius 2 is 2.35 bits per heavy atom. The third-order valence-corrected chi connectivity index (χ3v) is 1.90. The van der Waals surface area contributed by atoms with Gasteiger partial charge in [0.05, 0.1) is 11.0 Å². The highest BCUT2D eigenvalue weighted by Crippen LogP contribution is 2.27. The van der Waals surface area contributed by atoms with Crippen LogP contribution in [0.2, 0.25) is 0 Å². The summed E-state index contributed by atoms with van der Waals surface area (Å²) in [4.78, 5) is 12.3. The van der Waals surface area contributed by atoms with E-state index in [1.807, 2.05) is 0 Å². The second kappa shape index (κ2) is 5.47. The fourth-order valence-electron chi connectivity index (χ4n) is 1.18. The Bertz CT molecular complexity index is 522. The molecular weight excluding hydrogens is 229 g/mol. The second-order valence-corrected chi connectivity index (χ2v) is 3.00. The minimum atomic E-state index is -0.761. The Morgan fingerprint density at radius 1 is 1.65 bits per heavy atom. The van der Waals surface area contributed by atoms with Crippen molar-refractivity contribution in [1.82, 2.24) is 0 Å². The van der Waals surface area contributed by atoms with Crippen molar-refractivity contribution in [1.29, 1.82) is 0 Å². The number of azide groups is 1. The maximum absolute atomic E-state index is 13.1. The molecule has 0 saturated heterocycles. The van der Waals surface area contributed by atoms with Crippen molar-refractivity contribution < 1.29 is 9.31 Å². The number of nitrogen functional groups attached to an aromatic ring is 1. The van der Waals surface area contributed by atoms with Crippen LogP contribution in [-0.2, 0) is 0 Å². The van der Waals surface area contributed by atoms with E-state index < -0.39 is 16.4 Å². The Labute approximate surface area is 95.1 Å². The van der Waals surface area contributed by atoms with Crippen molar-refractivity contribution in [3.63, 3.8) is 0 Å². The third kappa shape index (κ3) is 3.18. The summed E-state index contributed by atoms with van der Waals surface area (Å²) in [5.74, 6) is -0.755. The molecule has 1 rings (SSSR count). The molecule has 0 spiro atoms. The van der Waals surface area contributed by atoms with Gasteiger partial charge >= 0.3 is 0 Å². The zero-order chi connectivity index (χ0) is 12.8. The number of benzene rings is 1. The average molecular weight is 237 g/mol. The molecule has 17 heavy (non-hydrogen) atoms. The summed E-state index contributed by atoms with van der Waals surface area (Å²) in [6.07, 6.45) is 2.79. The molecular formula is C9H8FN5O2. The molecule has 0 bridgehead atoms. The van der Waals surface area contributed by atoms with Crippen LogP contribution in [0.3, 0.4) is 0 Å². The molecule has 2 N–H and O–H groups in total. The van der Waals surface area contributed by atoms with Gasteiger partial charge in [-0.3, -0.25) is 10.1 Å². The number of anilines is 1. The van der Waals surface area contributed by atoms with Gasteiger partial charge in [0.15, 0.2) is 0 Å². The molecule has 0 unspecified atom stereocenters. The number of rotatable bonds is 4. The Kier molecular flexibility index (Phi) is 4.02. The zero-order valence-electron chi connectivity index (χ0n) is 8.58. The Hall–Kier alpha value is -2.60. The molecule has 8 heteroatoms. The summed E-state index contributed by atoms with van der Waals surface area (Å²) in [6, 6.07) is 1.81. The first-order valence-corrected chi connectivity index (χ1v) is 4.47. The minimum absolute atomic E-state index is 0.0558. The van der Waals surface area contributed by atoms with Gasteiger partial charge < -0.3 is 5.73 Å². The molecule has 0 aliphatic heterocycles. The fraction of sp³-hybridized carbons (Fsp3) is 0.111. The number of nitro benzene ring substituents is 1. The van der Waals surface area contributed by atoms with Gasteiger partial charge in [-0.25, -0.2) is 4.39 Å². The minimum Gasteiger partial charge on any atom is -0.393 e. The van der Waals surface area contributed by atoms with Gasteiger partial charge in [-0.05, 0) is 11.6 Å². The second-order valence-electron chi connectivity index (χ2n) is 3.00. The van der Waals surface area contributed by atoms with E-state index in [9.17, 15) is 14.5 Å². The lowest BCUT2D eigenvalue weighted by Gasteiger charge is -2.01. The van der Waals surface area contributed by atoms with Crippen LogP contribution < -0.4 is 5.73 Å². The first-order valence-electron chi connectivity index (χ1n) is 4.47. The van der Waals surface area contributed by atoms with Gasteiger partial charge in [0.25, 0.3) is 5.69 Å². The molecule has 0 radical (unpaired) electrons. The molecule has 1 aromatic rings. The topological polar surface area (TPSA) is 118 Å². The molecule has 0 amide bonds. The van der Waals surface area contributed by atoms with E-state index in [1.165, 1.54) is 12.2 Å². The largest absolute Gasteiger partial charge is 0.393 e. The van der Waals surface area contributed by atoms with E-state index in [2.05, 4.69) is 10.0 Å². The lowest BCUT2D eigenvalue weighted by Crippen LogP contribution is -1.99. The molecule has 1 aromatic carbocycles. The summed E-state index contributed by atoms with van der Waals surface area (Å²) in [6.45, 7) is 0.0558. The first kappa shape index (κ1) is 12.5. The van der Waals surface area contributed by atoms with E-state index in [-0.39, 0.29) is 17.8 Å². The maximum atomic E-state index is 13.1. The molecule has 7 nitrogen and oxygen atoms in total. The zero-order valence-corrected chi connectivity index (χ0v) is 8.58. The predicted molar refractivity (Wildman–Crippen MR) is 60.5 cm³/mol. The lowest BCUT2D eigenvalue weighted by atomic mass is 10.1. The summed E-state index contributed by atoms with van der Waals surface area (Å²) in [5, 5.41) is 13.8. The van der Waals surface area contributed by atoms with Crippen molar-refractivity contribution in [2.24, 2.45) is 5.11 Å². The van der Waals surface area contributed by atoms with Crippen molar-refractivity contribution in [3.8, 4) is 0 Å². The third-order valence-electron chi connectivity index (χ3n) is 1.90. The first-order chi connectivity index (χ1) is 8.06. The highest BCUT2D eigenvalue weighted by molar-refractivity contribution is 5.73. The van der Waals surface area contributed by atoms with E-state index in [4.69, 9.17) is 11.3 Å². The molecule has 0 aromatic heterocycles. The standard InChI is InChI=1S/C9H8FN5O2/c10-7-4-6(2-1-3-13-14-12)9(11)8(5-7)15(16)17/h1-2,4-5H,3,11H2. The highest BCUT2D eigenvalue weighted by atomic mass is 19.1. The molecule has 0 aliphatic carbocycles. The average Bonchev–Trinajstić information content (AvgIpc) is 2.28. The molecule has 0 atom stereocenters. The molecule has 0 heterocycles. The van der Waals surface area contributed by atoms with Gasteiger partial charge in [0.1, 0.15) is 11.5 Å². The normalized spacial score (nSPS) is 10.2. The number of hydrogen-bond acceptors (Lipinski definition) is 4. The maximum Gasteiger partial charge on any atom is 0.295 e. The number of nitrogens with zero attached hydrogens (tertiary/aromatic N) is 4. The van der Waals surface area contributed by atoms with E-state index in [0.29, 0.717) is 0 Å². The van der Waals surface area contributed by atoms with Crippen molar-refractivity contribution in [3.05, 3.63) is 50.1 Å². The van der Waals surface area contributed by atoms with Crippen LogP contribution >= 0.6 is 0 Å². The number of halogens is 1. The van der Waals surface area contributed by atoms with Gasteiger partial charge in [-0.1, -0.05) is 17.3 Å². The summed E-state index contributed by atoms with van der Waals surface area (Å²) < 4.78 is 13.1. The SMILES string of the molecule is [N-]=[N+]=NCC=Cc1cc(F)cc([N+](=O)[O-])c1N. The van der Waals surface area contributed by atoms with Crippen LogP contribution in [0, 0.1) is 15.9 Å². The lowest BCUT2D eigenvalue weighted by molar-refractivity contribution is -0.384. The predicted octanol–water partition coefficient (Wildman–Crippen LogP) is 2.64. The molecule has 88 valence electrons. The quantitative estimate of drug-likeness (QED) is 0.216. The molecule has 0 aliphatic rings. The van der Waals surface area contributed by atoms with Crippen LogP contribution in [0.5, 0.6) is 0 Å². The Balaban J connectivity index is 3.11. The number of hydrogen-bond donors (Lipinski definition) is 1. The van der Waals surface area contributed by atoms with Gasteiger partial charge in [-0.15, -0.1) is 0 Å². The van der Waals surface area contributed by atoms with Crippen molar-refractivity contribution >= 4 is 17.5 Å².